The molecular formula is C19H15NO2S2. The Balaban J connectivity index is 1.87. The van der Waals surface area contributed by atoms with Crippen molar-refractivity contribution in [3.63, 3.8) is 0 Å². The van der Waals surface area contributed by atoms with Crippen LogP contribution in [0, 0.1) is 0 Å². The summed E-state index contributed by atoms with van der Waals surface area (Å²) in [4.78, 5) is 14.7. The van der Waals surface area contributed by atoms with E-state index in [9.17, 15) is 9.90 Å². The molecule has 1 heterocycles. The second-order valence-corrected chi connectivity index (χ2v) is 7.01. The number of phenolic OH excluding ortho intramolecular Hbond substituents is 1. The molecule has 2 aromatic rings. The molecule has 2 aromatic carbocycles. The molecule has 1 fully saturated rings. The highest BCUT2D eigenvalue weighted by Gasteiger charge is 2.33. The molecule has 0 bridgehead atoms. The number of thiocarbonyl (C=S) groups is 1. The summed E-state index contributed by atoms with van der Waals surface area (Å²) in [5.41, 5.74) is 2.62. The average Bonchev–Trinajstić information content (AvgIpc) is 2.82. The van der Waals surface area contributed by atoms with E-state index in [1.807, 2.05) is 49.4 Å². The second-order valence-electron chi connectivity index (χ2n) is 5.34. The number of thioether (sulfide) groups is 1. The topological polar surface area (TPSA) is 40.5 Å². The average molecular weight is 353 g/mol. The molecule has 3 rings (SSSR count). The Kier molecular flexibility index (Phi) is 4.83. The van der Waals surface area contributed by atoms with E-state index in [1.165, 1.54) is 22.7 Å². The summed E-state index contributed by atoms with van der Waals surface area (Å²) in [6.07, 6.45) is 3.86. The SMILES string of the molecule is CC(/C=C1\SC(=S)N(c2cccc(O)c2)C1=O)=C\c1ccccc1. The van der Waals surface area contributed by atoms with Gasteiger partial charge >= 0.3 is 0 Å². The number of phenols is 1. The molecule has 1 amide bonds. The van der Waals surface area contributed by atoms with Gasteiger partial charge in [-0.15, -0.1) is 0 Å². The number of aromatic hydroxyl groups is 1. The number of carbonyl (C=O) groups is 1. The van der Waals surface area contributed by atoms with Crippen LogP contribution in [-0.2, 0) is 4.79 Å². The minimum absolute atomic E-state index is 0.102. The predicted octanol–water partition coefficient (Wildman–Crippen LogP) is 4.74. The van der Waals surface area contributed by atoms with Gasteiger partial charge in [0.25, 0.3) is 5.91 Å². The lowest BCUT2D eigenvalue weighted by atomic mass is 10.1. The number of benzene rings is 2. The number of anilines is 1. The Labute approximate surface area is 150 Å². The minimum Gasteiger partial charge on any atom is -0.508 e. The van der Waals surface area contributed by atoms with Crippen molar-refractivity contribution in [2.45, 2.75) is 6.92 Å². The maximum atomic E-state index is 12.7. The van der Waals surface area contributed by atoms with Crippen molar-refractivity contribution in [1.82, 2.24) is 0 Å². The van der Waals surface area contributed by atoms with Gasteiger partial charge in [0, 0.05) is 6.07 Å². The number of carbonyl (C=O) groups excluding carboxylic acids is 1. The molecule has 0 aliphatic carbocycles. The van der Waals surface area contributed by atoms with Gasteiger partial charge < -0.3 is 5.11 Å². The Bertz CT molecular complexity index is 857. The first-order valence-corrected chi connectivity index (χ1v) is 8.57. The van der Waals surface area contributed by atoms with Crippen LogP contribution >= 0.6 is 24.0 Å². The summed E-state index contributed by atoms with van der Waals surface area (Å²) < 4.78 is 0.462. The van der Waals surface area contributed by atoms with Crippen LogP contribution in [0.3, 0.4) is 0 Å². The molecule has 0 saturated carbocycles. The Hall–Kier alpha value is -2.37. The zero-order chi connectivity index (χ0) is 17.1. The van der Waals surface area contributed by atoms with Crippen molar-refractivity contribution >= 4 is 46.0 Å². The highest BCUT2D eigenvalue weighted by Crippen LogP contribution is 2.36. The van der Waals surface area contributed by atoms with Gasteiger partial charge in [0.15, 0.2) is 4.32 Å². The van der Waals surface area contributed by atoms with E-state index < -0.39 is 0 Å². The predicted molar refractivity (Wildman–Crippen MR) is 104 cm³/mol. The number of amides is 1. The van der Waals surface area contributed by atoms with Gasteiger partial charge in [-0.1, -0.05) is 66.5 Å². The molecule has 1 saturated heterocycles. The van der Waals surface area contributed by atoms with E-state index in [0.717, 1.165) is 11.1 Å². The molecule has 120 valence electrons. The minimum atomic E-state index is -0.170. The van der Waals surface area contributed by atoms with Crippen LogP contribution in [0.15, 0.2) is 71.2 Å². The highest BCUT2D eigenvalue weighted by molar-refractivity contribution is 8.27. The number of rotatable bonds is 3. The van der Waals surface area contributed by atoms with Crippen LogP contribution in [0.25, 0.3) is 6.08 Å². The summed E-state index contributed by atoms with van der Waals surface area (Å²) >= 11 is 6.60. The number of allylic oxidation sites excluding steroid dienone is 2. The maximum Gasteiger partial charge on any atom is 0.270 e. The summed E-state index contributed by atoms with van der Waals surface area (Å²) in [5, 5.41) is 9.61. The van der Waals surface area contributed by atoms with Gasteiger partial charge in [-0.25, -0.2) is 0 Å². The van der Waals surface area contributed by atoms with Gasteiger partial charge in [-0.3, -0.25) is 9.69 Å². The molecule has 3 nitrogen and oxygen atoms in total. The molecule has 0 aromatic heterocycles. The fourth-order valence-corrected chi connectivity index (χ4v) is 3.73. The molecule has 1 aliphatic heterocycles. The van der Waals surface area contributed by atoms with Crippen LogP contribution in [-0.4, -0.2) is 15.3 Å². The number of nitrogens with zero attached hydrogens (tertiary/aromatic N) is 1. The van der Waals surface area contributed by atoms with Crippen molar-refractivity contribution in [2.24, 2.45) is 0 Å². The summed E-state index contributed by atoms with van der Waals surface area (Å²) in [6, 6.07) is 16.5. The van der Waals surface area contributed by atoms with Crippen LogP contribution in [0.1, 0.15) is 12.5 Å². The van der Waals surface area contributed by atoms with Crippen molar-refractivity contribution in [2.75, 3.05) is 4.90 Å². The third kappa shape index (κ3) is 3.58. The van der Waals surface area contributed by atoms with Gasteiger partial charge in [-0.2, -0.15) is 0 Å². The van der Waals surface area contributed by atoms with E-state index in [2.05, 4.69) is 0 Å². The van der Waals surface area contributed by atoms with Crippen LogP contribution < -0.4 is 4.90 Å². The van der Waals surface area contributed by atoms with E-state index in [-0.39, 0.29) is 11.7 Å². The Morgan fingerprint density at radius 3 is 2.62 bits per heavy atom. The first-order chi connectivity index (χ1) is 11.5. The van der Waals surface area contributed by atoms with Gasteiger partial charge in [0.1, 0.15) is 5.75 Å². The number of hydrogen-bond acceptors (Lipinski definition) is 4. The largest absolute Gasteiger partial charge is 0.508 e. The Morgan fingerprint density at radius 2 is 1.92 bits per heavy atom. The fraction of sp³-hybridized carbons (Fsp3) is 0.0526. The standard InChI is InChI=1S/C19H15NO2S2/c1-13(10-14-6-3-2-4-7-14)11-17-18(22)20(19(23)24-17)15-8-5-9-16(21)12-15/h2-12,21H,1H3/b13-10+,17-11-. The molecule has 1 N–H and O–H groups in total. The van der Waals surface area contributed by atoms with Gasteiger partial charge in [0.05, 0.1) is 10.6 Å². The van der Waals surface area contributed by atoms with Crippen molar-refractivity contribution < 1.29 is 9.90 Å². The molecule has 0 radical (unpaired) electrons. The first kappa shape index (κ1) is 16.5. The third-order valence-corrected chi connectivity index (χ3v) is 4.74. The quantitative estimate of drug-likeness (QED) is 0.639. The summed E-state index contributed by atoms with van der Waals surface area (Å²) in [7, 11) is 0. The van der Waals surface area contributed by atoms with Crippen molar-refractivity contribution in [3.8, 4) is 5.75 Å². The van der Waals surface area contributed by atoms with Gasteiger partial charge in [-0.05, 0) is 36.3 Å². The first-order valence-electron chi connectivity index (χ1n) is 7.35. The summed E-state index contributed by atoms with van der Waals surface area (Å²) in [6.45, 7) is 1.95. The van der Waals surface area contributed by atoms with Crippen LogP contribution in [0.5, 0.6) is 5.75 Å². The lowest BCUT2D eigenvalue weighted by Crippen LogP contribution is -2.27. The molecule has 0 unspecified atom stereocenters. The van der Waals surface area contributed by atoms with E-state index in [1.54, 1.807) is 18.2 Å². The van der Waals surface area contributed by atoms with E-state index in [4.69, 9.17) is 12.2 Å². The molecule has 0 atom stereocenters. The number of hydrogen-bond donors (Lipinski definition) is 1. The smallest absolute Gasteiger partial charge is 0.270 e. The molecular weight excluding hydrogens is 338 g/mol. The van der Waals surface area contributed by atoms with Crippen LogP contribution in [0.2, 0.25) is 0 Å². The maximum absolute atomic E-state index is 12.7. The van der Waals surface area contributed by atoms with Crippen LogP contribution in [0.4, 0.5) is 5.69 Å². The molecule has 5 heteroatoms. The third-order valence-electron chi connectivity index (χ3n) is 3.43. The van der Waals surface area contributed by atoms with E-state index >= 15 is 0 Å². The molecule has 1 aliphatic rings. The molecule has 0 spiro atoms. The second kappa shape index (κ2) is 7.03. The highest BCUT2D eigenvalue weighted by atomic mass is 32.2. The van der Waals surface area contributed by atoms with Crippen molar-refractivity contribution in [1.29, 1.82) is 0 Å². The zero-order valence-electron chi connectivity index (χ0n) is 13.0. The zero-order valence-corrected chi connectivity index (χ0v) is 14.6. The molecule has 24 heavy (non-hydrogen) atoms. The summed E-state index contributed by atoms with van der Waals surface area (Å²) in [5.74, 6) is -0.0675. The van der Waals surface area contributed by atoms with Crippen molar-refractivity contribution in [3.05, 3.63) is 76.7 Å². The lowest BCUT2D eigenvalue weighted by molar-refractivity contribution is -0.113. The lowest BCUT2D eigenvalue weighted by Gasteiger charge is -2.14. The normalized spacial score (nSPS) is 17.0. The van der Waals surface area contributed by atoms with Gasteiger partial charge in [0.2, 0.25) is 0 Å². The van der Waals surface area contributed by atoms with E-state index in [0.29, 0.717) is 14.9 Å². The Morgan fingerprint density at radius 1 is 1.17 bits per heavy atom. The monoisotopic (exact) mass is 353 g/mol. The fourth-order valence-electron chi connectivity index (χ4n) is 2.38.